The standard InChI is InChI=1S/C20H23N3O.C5H4O2/c1-6-10-23-19(11-14(2)24-5)15(3)18(13-21)20(23)16-8-7-9-17(12-16)22-4;6-4-5-2-1-3-7-5/h7-9,11-12,22H,2-3,6,10H2,1,4-5H3;1-4H/b19-11+;. The van der Waals surface area contributed by atoms with E-state index in [2.05, 4.69) is 40.5 Å². The number of furan rings is 1. The van der Waals surface area contributed by atoms with Crippen molar-refractivity contribution in [3.05, 3.63) is 76.9 Å². The van der Waals surface area contributed by atoms with Crippen LogP contribution in [0.15, 0.2) is 59.4 Å². The van der Waals surface area contributed by atoms with E-state index >= 15 is 0 Å². The molecule has 2 heterocycles. The summed E-state index contributed by atoms with van der Waals surface area (Å²) in [5.41, 5.74) is 3.46. The van der Waals surface area contributed by atoms with Crippen LogP contribution in [0.3, 0.4) is 0 Å². The molecule has 0 saturated carbocycles. The number of hydrogen-bond acceptors (Lipinski definition) is 5. The monoisotopic (exact) mass is 417 g/mol. The Kier molecular flexibility index (Phi) is 8.47. The number of rotatable bonds is 7. The molecule has 160 valence electrons. The Balaban J connectivity index is 0.000000412. The summed E-state index contributed by atoms with van der Waals surface area (Å²) >= 11 is 0. The van der Waals surface area contributed by atoms with Crippen molar-refractivity contribution in [1.29, 1.82) is 5.26 Å². The molecule has 0 spiro atoms. The van der Waals surface area contributed by atoms with Gasteiger partial charge in [-0.1, -0.05) is 32.2 Å². The fourth-order valence-corrected chi connectivity index (χ4v) is 3.12. The molecule has 1 N–H and O–H groups in total. The van der Waals surface area contributed by atoms with Crippen molar-refractivity contribution in [2.45, 2.75) is 19.9 Å². The third kappa shape index (κ3) is 5.55. The largest absolute Gasteiger partial charge is 0.497 e. The molecule has 6 nitrogen and oxygen atoms in total. The maximum absolute atomic E-state index is 9.77. The molecule has 1 aromatic carbocycles. The van der Waals surface area contributed by atoms with Crippen LogP contribution in [-0.2, 0) is 11.3 Å². The van der Waals surface area contributed by atoms with Gasteiger partial charge in [-0.25, -0.2) is 0 Å². The second kappa shape index (κ2) is 11.3. The van der Waals surface area contributed by atoms with Gasteiger partial charge in [-0.05, 0) is 30.7 Å². The average Bonchev–Trinajstić information content (AvgIpc) is 3.41. The van der Waals surface area contributed by atoms with Gasteiger partial charge in [-0.15, -0.1) is 0 Å². The number of anilines is 1. The summed E-state index contributed by atoms with van der Waals surface area (Å²) < 4.78 is 11.9. The lowest BCUT2D eigenvalue weighted by Gasteiger charge is -2.11. The molecule has 0 aliphatic carbocycles. The topological polar surface area (TPSA) is 80.2 Å². The predicted molar refractivity (Wildman–Crippen MR) is 124 cm³/mol. The van der Waals surface area contributed by atoms with Gasteiger partial charge in [0.1, 0.15) is 11.8 Å². The van der Waals surface area contributed by atoms with Gasteiger partial charge in [0.15, 0.2) is 12.0 Å². The fraction of sp³-hybridized carbons (Fsp3) is 0.200. The summed E-state index contributed by atoms with van der Waals surface area (Å²) in [4.78, 5) is 9.77. The summed E-state index contributed by atoms with van der Waals surface area (Å²) in [6.07, 6.45) is 4.91. The average molecular weight is 418 g/mol. The predicted octanol–water partition coefficient (Wildman–Crippen LogP) is 3.92. The Labute approximate surface area is 182 Å². The quantitative estimate of drug-likeness (QED) is 0.466. The van der Waals surface area contributed by atoms with Crippen LogP contribution in [-0.4, -0.2) is 25.0 Å². The number of ether oxygens (including phenoxy) is 1. The number of carbonyl (C=O) groups excluding carboxylic acids is 1. The molecule has 3 aromatic rings. The van der Waals surface area contributed by atoms with Crippen LogP contribution >= 0.6 is 0 Å². The maximum Gasteiger partial charge on any atom is 0.185 e. The van der Waals surface area contributed by atoms with Crippen molar-refractivity contribution in [3.8, 4) is 17.3 Å². The van der Waals surface area contributed by atoms with E-state index in [0.717, 1.165) is 35.3 Å². The lowest BCUT2D eigenvalue weighted by Crippen LogP contribution is -2.29. The van der Waals surface area contributed by atoms with Crippen molar-refractivity contribution >= 4 is 24.6 Å². The van der Waals surface area contributed by atoms with Crippen LogP contribution in [0.25, 0.3) is 23.9 Å². The zero-order valence-electron chi connectivity index (χ0n) is 18.1. The number of nitrogens with zero attached hydrogens (tertiary/aromatic N) is 2. The number of carbonyl (C=O) groups is 1. The molecule has 31 heavy (non-hydrogen) atoms. The maximum atomic E-state index is 9.77. The van der Waals surface area contributed by atoms with Crippen LogP contribution in [0, 0.1) is 11.3 Å². The number of hydrogen-bond donors (Lipinski definition) is 1. The van der Waals surface area contributed by atoms with E-state index in [1.165, 1.54) is 6.26 Å². The van der Waals surface area contributed by atoms with Crippen LogP contribution in [0.4, 0.5) is 5.69 Å². The summed E-state index contributed by atoms with van der Waals surface area (Å²) in [5, 5.41) is 14.4. The molecule has 0 radical (unpaired) electrons. The molecule has 0 aliphatic heterocycles. The van der Waals surface area contributed by atoms with E-state index in [-0.39, 0.29) is 0 Å². The normalized spacial score (nSPS) is 10.6. The number of methoxy groups -OCH3 is 1. The molecule has 0 amide bonds. The van der Waals surface area contributed by atoms with Gasteiger partial charge in [-0.3, -0.25) is 4.79 Å². The van der Waals surface area contributed by atoms with Gasteiger partial charge in [0.25, 0.3) is 0 Å². The fourth-order valence-electron chi connectivity index (χ4n) is 3.12. The lowest BCUT2D eigenvalue weighted by molar-refractivity contribution is 0.110. The molecule has 0 atom stereocenters. The minimum atomic E-state index is 0.375. The van der Waals surface area contributed by atoms with Crippen molar-refractivity contribution in [1.82, 2.24) is 4.57 Å². The number of benzene rings is 1. The third-order valence-electron chi connectivity index (χ3n) is 4.61. The van der Waals surface area contributed by atoms with Crippen LogP contribution in [0.5, 0.6) is 0 Å². The van der Waals surface area contributed by atoms with Crippen LogP contribution < -0.4 is 15.9 Å². The summed E-state index contributed by atoms with van der Waals surface area (Å²) in [7, 11) is 3.46. The van der Waals surface area contributed by atoms with Gasteiger partial charge in [0, 0.05) is 36.1 Å². The van der Waals surface area contributed by atoms with Gasteiger partial charge < -0.3 is 19.0 Å². The molecule has 0 aliphatic rings. The van der Waals surface area contributed by atoms with E-state index in [1.54, 1.807) is 19.2 Å². The number of aromatic nitrogens is 1. The van der Waals surface area contributed by atoms with Crippen molar-refractivity contribution in [2.75, 3.05) is 19.5 Å². The highest BCUT2D eigenvalue weighted by Crippen LogP contribution is 2.24. The smallest absolute Gasteiger partial charge is 0.185 e. The zero-order chi connectivity index (χ0) is 22.8. The molecule has 0 bridgehead atoms. The number of aldehydes is 1. The molecule has 0 unspecified atom stereocenters. The first-order valence-corrected chi connectivity index (χ1v) is 9.83. The Morgan fingerprint density at radius 1 is 1.35 bits per heavy atom. The van der Waals surface area contributed by atoms with Gasteiger partial charge in [-0.2, -0.15) is 5.26 Å². The van der Waals surface area contributed by atoms with E-state index < -0.39 is 0 Å². The van der Waals surface area contributed by atoms with Crippen LogP contribution in [0.2, 0.25) is 0 Å². The first-order chi connectivity index (χ1) is 15.0. The second-order valence-electron chi connectivity index (χ2n) is 6.63. The first-order valence-electron chi connectivity index (χ1n) is 9.83. The molecular weight excluding hydrogens is 390 g/mol. The summed E-state index contributed by atoms with van der Waals surface area (Å²) in [5.74, 6) is 0.912. The molecule has 3 rings (SSSR count). The van der Waals surface area contributed by atoms with E-state index in [0.29, 0.717) is 28.6 Å². The second-order valence-corrected chi connectivity index (χ2v) is 6.63. The molecule has 6 heteroatoms. The van der Waals surface area contributed by atoms with Gasteiger partial charge in [0.05, 0.1) is 30.0 Å². The molecule has 0 saturated heterocycles. The van der Waals surface area contributed by atoms with Crippen molar-refractivity contribution in [3.63, 3.8) is 0 Å². The summed E-state index contributed by atoms with van der Waals surface area (Å²) in [6.45, 7) is 10.9. The lowest BCUT2D eigenvalue weighted by atomic mass is 10.1. The number of allylic oxidation sites excluding steroid dienone is 1. The minimum Gasteiger partial charge on any atom is -0.497 e. The van der Waals surface area contributed by atoms with Gasteiger partial charge in [0.2, 0.25) is 0 Å². The highest BCUT2D eigenvalue weighted by Gasteiger charge is 2.16. The highest BCUT2D eigenvalue weighted by atomic mass is 16.5. The Bertz CT molecular complexity index is 1180. The Morgan fingerprint density at radius 2 is 2.13 bits per heavy atom. The van der Waals surface area contributed by atoms with E-state index in [1.807, 2.05) is 37.4 Å². The SMILES string of the molecule is C=C(/C=c1\c(=C)c(C#N)c(-c2cccc(NC)c2)n1CCC)OC.O=Cc1ccco1. The number of nitriles is 1. The Morgan fingerprint density at radius 3 is 2.65 bits per heavy atom. The number of nitrogens with one attached hydrogen (secondary N) is 1. The van der Waals surface area contributed by atoms with E-state index in [4.69, 9.17) is 4.74 Å². The first kappa shape index (κ1) is 23.3. The van der Waals surface area contributed by atoms with Gasteiger partial charge >= 0.3 is 0 Å². The van der Waals surface area contributed by atoms with Crippen LogP contribution in [0.1, 0.15) is 29.5 Å². The summed E-state index contributed by atoms with van der Waals surface area (Å²) in [6, 6.07) is 13.6. The van der Waals surface area contributed by atoms with E-state index in [9.17, 15) is 10.1 Å². The molecular formula is C25H27N3O3. The minimum absolute atomic E-state index is 0.375. The highest BCUT2D eigenvalue weighted by molar-refractivity contribution is 5.72. The third-order valence-corrected chi connectivity index (χ3v) is 4.61. The zero-order valence-corrected chi connectivity index (χ0v) is 18.1. The molecule has 2 aromatic heterocycles. The molecule has 0 fully saturated rings. The van der Waals surface area contributed by atoms with Crippen molar-refractivity contribution < 1.29 is 13.9 Å². The Hall–Kier alpha value is -3.98. The van der Waals surface area contributed by atoms with Crippen molar-refractivity contribution in [2.24, 2.45) is 0 Å².